The Balaban J connectivity index is 1.82. The van der Waals surface area contributed by atoms with E-state index in [2.05, 4.69) is 10.3 Å². The van der Waals surface area contributed by atoms with Gasteiger partial charge in [0.1, 0.15) is 0 Å². The minimum atomic E-state index is -5.07. The Morgan fingerprint density at radius 1 is 0.972 bits per heavy atom. The number of pyridine rings is 1. The van der Waals surface area contributed by atoms with Gasteiger partial charge >= 0.3 is 12.2 Å². The zero-order valence-corrected chi connectivity index (χ0v) is 20.4. The van der Waals surface area contributed by atoms with E-state index in [4.69, 9.17) is 0 Å². The summed E-state index contributed by atoms with van der Waals surface area (Å²) in [5, 5.41) is 2.52. The second-order valence-electron chi connectivity index (χ2n) is 7.46. The Labute approximate surface area is 205 Å². The molecule has 0 saturated heterocycles. The molecule has 0 fully saturated rings. The number of nitrogens with zero attached hydrogens (tertiary/aromatic N) is 2. The van der Waals surface area contributed by atoms with Crippen molar-refractivity contribution in [1.29, 1.82) is 0 Å². The number of hydrogen-bond acceptors (Lipinski definition) is 6. The third-order valence-corrected chi connectivity index (χ3v) is 8.18. The van der Waals surface area contributed by atoms with E-state index in [0.29, 0.717) is 23.9 Å². The number of carbonyl (C=O) groups excluding carboxylic acids is 1. The van der Waals surface area contributed by atoms with Crippen LogP contribution in [0.15, 0.2) is 87.7 Å². The van der Waals surface area contributed by atoms with Gasteiger partial charge in [0, 0.05) is 26.3 Å². The van der Waals surface area contributed by atoms with Crippen LogP contribution in [0.3, 0.4) is 0 Å². The number of amides is 2. The van der Waals surface area contributed by atoms with E-state index in [1.807, 2.05) is 4.72 Å². The maximum atomic E-state index is 13.6. The molecule has 0 spiro atoms. The molecule has 0 radical (unpaired) electrons. The van der Waals surface area contributed by atoms with Crippen LogP contribution < -0.4 is 10.0 Å². The van der Waals surface area contributed by atoms with Crippen LogP contribution in [-0.2, 0) is 26.0 Å². The molecule has 36 heavy (non-hydrogen) atoms. The number of hydrogen-bond donors (Lipinski definition) is 2. The first-order chi connectivity index (χ1) is 16.8. The molecule has 3 rings (SSSR count). The number of benzene rings is 2. The van der Waals surface area contributed by atoms with E-state index >= 15 is 0 Å². The molecule has 0 aliphatic carbocycles. The fraction of sp³-hybridized carbons (Fsp3) is 0.182. The van der Waals surface area contributed by atoms with Gasteiger partial charge < -0.3 is 10.2 Å². The molecule has 14 heteroatoms. The lowest BCUT2D eigenvalue weighted by Crippen LogP contribution is -2.38. The van der Waals surface area contributed by atoms with Gasteiger partial charge in [-0.2, -0.15) is 13.2 Å². The van der Waals surface area contributed by atoms with Crippen molar-refractivity contribution >= 4 is 31.6 Å². The van der Waals surface area contributed by atoms with Crippen LogP contribution in [0.5, 0.6) is 0 Å². The maximum Gasteiger partial charge on any atom is 0.417 e. The number of anilines is 1. The van der Waals surface area contributed by atoms with Gasteiger partial charge in [-0.25, -0.2) is 26.4 Å². The number of sulfonamides is 1. The number of carbonyl (C=O) groups is 1. The van der Waals surface area contributed by atoms with Crippen molar-refractivity contribution in [2.24, 2.45) is 0 Å². The lowest BCUT2D eigenvalue weighted by molar-refractivity contribution is -0.139. The molecule has 0 unspecified atom stereocenters. The number of halogens is 3. The van der Waals surface area contributed by atoms with Crippen molar-refractivity contribution in [3.8, 4) is 0 Å². The van der Waals surface area contributed by atoms with Crippen LogP contribution in [0.4, 0.5) is 23.7 Å². The van der Waals surface area contributed by atoms with E-state index < -0.39 is 54.0 Å². The zero-order valence-electron chi connectivity index (χ0n) is 18.7. The highest BCUT2D eigenvalue weighted by molar-refractivity contribution is 7.91. The van der Waals surface area contributed by atoms with E-state index in [0.717, 1.165) is 4.90 Å². The summed E-state index contributed by atoms with van der Waals surface area (Å²) >= 11 is 0. The van der Waals surface area contributed by atoms with Gasteiger partial charge in [0.15, 0.2) is 0 Å². The normalized spacial score (nSPS) is 12.2. The van der Waals surface area contributed by atoms with Gasteiger partial charge in [-0.1, -0.05) is 18.2 Å². The molecule has 192 valence electrons. The number of rotatable bonds is 8. The van der Waals surface area contributed by atoms with Crippen LogP contribution in [0.25, 0.3) is 0 Å². The van der Waals surface area contributed by atoms with Crippen molar-refractivity contribution in [1.82, 2.24) is 14.6 Å². The van der Waals surface area contributed by atoms with Crippen LogP contribution in [0.1, 0.15) is 5.56 Å². The number of likely N-dealkylation sites (N-methyl/N-ethyl adjacent to an activating group) is 1. The van der Waals surface area contributed by atoms with Crippen LogP contribution >= 0.6 is 0 Å². The third kappa shape index (κ3) is 6.38. The Kier molecular flexibility index (Phi) is 8.01. The Morgan fingerprint density at radius 2 is 1.67 bits per heavy atom. The number of alkyl halides is 3. The Hall–Kier alpha value is -3.49. The number of urea groups is 1. The monoisotopic (exact) mass is 542 g/mol. The standard InChI is InChI=1S/C22H21F3N4O5S2/c1-29(21(30)28-16-6-5-11-26-15-16)13-12-27-36(33,34)20-14-18(9-10-19(20)22(23,24)25)35(31,32)17-7-3-2-4-8-17/h2-11,14-15,27H,12-13H2,1H3,(H,28,30). The smallest absolute Gasteiger partial charge is 0.326 e. The highest BCUT2D eigenvalue weighted by Crippen LogP contribution is 2.36. The number of sulfone groups is 1. The molecule has 0 bridgehead atoms. The summed E-state index contributed by atoms with van der Waals surface area (Å²) < 4.78 is 94.1. The number of aromatic nitrogens is 1. The molecular weight excluding hydrogens is 521 g/mol. The van der Waals surface area contributed by atoms with Gasteiger partial charge in [0.2, 0.25) is 19.9 Å². The van der Waals surface area contributed by atoms with Crippen molar-refractivity contribution in [2.45, 2.75) is 20.9 Å². The first kappa shape index (κ1) is 27.1. The van der Waals surface area contributed by atoms with E-state index in [-0.39, 0.29) is 11.4 Å². The molecule has 0 atom stereocenters. The maximum absolute atomic E-state index is 13.6. The molecule has 3 aromatic rings. The van der Waals surface area contributed by atoms with Crippen LogP contribution in [-0.4, -0.2) is 52.9 Å². The van der Waals surface area contributed by atoms with Crippen molar-refractivity contribution in [2.75, 3.05) is 25.5 Å². The highest BCUT2D eigenvalue weighted by Gasteiger charge is 2.38. The zero-order chi connectivity index (χ0) is 26.6. The average molecular weight is 543 g/mol. The number of nitrogens with one attached hydrogen (secondary N) is 2. The third-order valence-electron chi connectivity index (χ3n) is 4.91. The molecule has 2 amide bonds. The molecule has 2 aromatic carbocycles. The SMILES string of the molecule is CN(CCNS(=O)(=O)c1cc(S(=O)(=O)c2ccccc2)ccc1C(F)(F)F)C(=O)Nc1cccnc1. The van der Waals surface area contributed by atoms with Crippen molar-refractivity contribution < 1.29 is 34.8 Å². The van der Waals surface area contributed by atoms with Crippen molar-refractivity contribution in [3.63, 3.8) is 0 Å². The molecule has 1 heterocycles. The Bertz CT molecular complexity index is 1430. The predicted molar refractivity (Wildman–Crippen MR) is 124 cm³/mol. The van der Waals surface area contributed by atoms with Gasteiger partial charge in [-0.05, 0) is 42.5 Å². The molecule has 0 aliphatic heterocycles. The molecule has 0 saturated carbocycles. The lowest BCUT2D eigenvalue weighted by Gasteiger charge is -2.19. The van der Waals surface area contributed by atoms with Crippen molar-refractivity contribution in [3.05, 3.63) is 78.6 Å². The molecule has 1 aromatic heterocycles. The highest BCUT2D eigenvalue weighted by atomic mass is 32.2. The summed E-state index contributed by atoms with van der Waals surface area (Å²) in [5.41, 5.74) is -1.13. The lowest BCUT2D eigenvalue weighted by atomic mass is 10.2. The van der Waals surface area contributed by atoms with E-state index in [1.165, 1.54) is 43.7 Å². The minimum Gasteiger partial charge on any atom is -0.326 e. The fourth-order valence-electron chi connectivity index (χ4n) is 3.04. The second-order valence-corrected chi connectivity index (χ2v) is 11.1. The fourth-order valence-corrected chi connectivity index (χ4v) is 5.70. The molecule has 0 aliphatic rings. The summed E-state index contributed by atoms with van der Waals surface area (Å²) in [6.07, 6.45) is -2.17. The van der Waals surface area contributed by atoms with Crippen LogP contribution in [0, 0.1) is 0 Å². The summed E-state index contributed by atoms with van der Waals surface area (Å²) in [5.74, 6) is 0. The van der Waals surface area contributed by atoms with Gasteiger partial charge in [-0.3, -0.25) is 4.98 Å². The summed E-state index contributed by atoms with van der Waals surface area (Å²) in [7, 11) is -7.75. The van der Waals surface area contributed by atoms with Gasteiger partial charge in [-0.15, -0.1) is 0 Å². The molecule has 2 N–H and O–H groups in total. The molecular formula is C22H21F3N4O5S2. The molecule has 9 nitrogen and oxygen atoms in total. The summed E-state index contributed by atoms with van der Waals surface area (Å²) in [4.78, 5) is 15.1. The first-order valence-corrected chi connectivity index (χ1v) is 13.2. The van der Waals surface area contributed by atoms with Gasteiger partial charge in [0.05, 0.1) is 32.1 Å². The van der Waals surface area contributed by atoms with E-state index in [1.54, 1.807) is 18.2 Å². The van der Waals surface area contributed by atoms with E-state index in [9.17, 15) is 34.8 Å². The summed E-state index contributed by atoms with van der Waals surface area (Å²) in [6, 6.07) is 11.1. The summed E-state index contributed by atoms with van der Waals surface area (Å²) in [6.45, 7) is -0.638. The Morgan fingerprint density at radius 3 is 2.28 bits per heavy atom. The predicted octanol–water partition coefficient (Wildman–Crippen LogP) is 3.38. The van der Waals surface area contributed by atoms with Crippen LogP contribution in [0.2, 0.25) is 0 Å². The topological polar surface area (TPSA) is 126 Å². The van der Waals surface area contributed by atoms with Gasteiger partial charge in [0.25, 0.3) is 0 Å². The average Bonchev–Trinajstić information content (AvgIpc) is 2.84. The minimum absolute atomic E-state index is 0.200. The first-order valence-electron chi connectivity index (χ1n) is 10.3. The second kappa shape index (κ2) is 10.6. The quantitative estimate of drug-likeness (QED) is 0.450. The largest absolute Gasteiger partial charge is 0.417 e.